The molecule has 1 amide bonds. The number of amides is 1. The minimum atomic E-state index is -0.382. The topological polar surface area (TPSA) is 82.2 Å². The number of carbonyl (C=O) groups excluding carboxylic acids is 1. The molecule has 3 rings (SSSR count). The van der Waals surface area contributed by atoms with Crippen LogP contribution in [-0.2, 0) is 11.3 Å². The molecule has 1 saturated carbocycles. The molecule has 0 saturated heterocycles. The van der Waals surface area contributed by atoms with Crippen LogP contribution in [0.1, 0.15) is 28.9 Å². The van der Waals surface area contributed by atoms with Crippen molar-refractivity contribution in [3.8, 4) is 11.4 Å². The lowest BCUT2D eigenvalue weighted by atomic mass is 10.2. The van der Waals surface area contributed by atoms with Crippen molar-refractivity contribution in [1.82, 2.24) is 9.55 Å². The first-order valence-corrected chi connectivity index (χ1v) is 8.66. The highest BCUT2D eigenvalue weighted by atomic mass is 32.1. The fraction of sp³-hybridized carbons (Fsp3) is 0.500. The van der Waals surface area contributed by atoms with E-state index in [4.69, 9.17) is 10.5 Å². The van der Waals surface area contributed by atoms with Gasteiger partial charge in [0.05, 0.1) is 23.6 Å². The lowest BCUT2D eigenvalue weighted by Crippen LogP contribution is -2.12. The molecule has 1 aliphatic rings. The monoisotopic (exact) mass is 334 g/mol. The number of nitrogens with one attached hydrogen (secondary N) is 1. The van der Waals surface area contributed by atoms with Crippen molar-refractivity contribution in [3.63, 3.8) is 0 Å². The standard InChI is InChI=1S/C16H22N4O2S/c1-10-12(15(17)21)7-14(20(10)8-11-3-4-11)13-9-23-16(19-13)18-5-6-22-2/h7,9,11H,3-6,8H2,1-2H3,(H2,17,21)(H,18,19). The van der Waals surface area contributed by atoms with E-state index in [1.165, 1.54) is 12.8 Å². The van der Waals surface area contributed by atoms with E-state index in [2.05, 4.69) is 14.9 Å². The number of primary amides is 1. The van der Waals surface area contributed by atoms with Crippen molar-refractivity contribution in [2.45, 2.75) is 26.3 Å². The summed E-state index contributed by atoms with van der Waals surface area (Å²) in [6, 6.07) is 1.87. The van der Waals surface area contributed by atoms with E-state index in [0.29, 0.717) is 18.1 Å². The van der Waals surface area contributed by atoms with Gasteiger partial charge >= 0.3 is 0 Å². The normalized spacial score (nSPS) is 14.2. The average Bonchev–Trinajstić information content (AvgIpc) is 3.11. The fourth-order valence-corrected chi connectivity index (χ4v) is 3.37. The summed E-state index contributed by atoms with van der Waals surface area (Å²) in [4.78, 5) is 16.3. The van der Waals surface area contributed by atoms with Crippen LogP contribution in [0.25, 0.3) is 11.4 Å². The van der Waals surface area contributed by atoms with Crippen LogP contribution in [0.15, 0.2) is 11.4 Å². The molecule has 0 aliphatic heterocycles. The third-order valence-corrected chi connectivity index (χ3v) is 4.92. The van der Waals surface area contributed by atoms with Gasteiger partial charge in [-0.3, -0.25) is 4.79 Å². The first-order valence-electron chi connectivity index (χ1n) is 7.78. The lowest BCUT2D eigenvalue weighted by Gasteiger charge is -2.09. The highest BCUT2D eigenvalue weighted by Gasteiger charge is 2.26. The van der Waals surface area contributed by atoms with Crippen molar-refractivity contribution in [2.75, 3.05) is 25.6 Å². The number of ether oxygens (including phenoxy) is 1. The summed E-state index contributed by atoms with van der Waals surface area (Å²) in [6.07, 6.45) is 2.51. The van der Waals surface area contributed by atoms with E-state index in [0.717, 1.165) is 35.3 Å². The Morgan fingerprint density at radius 3 is 3.00 bits per heavy atom. The van der Waals surface area contributed by atoms with Crippen molar-refractivity contribution < 1.29 is 9.53 Å². The Labute approximate surface area is 139 Å². The summed E-state index contributed by atoms with van der Waals surface area (Å²) in [7, 11) is 1.67. The second-order valence-electron chi connectivity index (χ2n) is 5.90. The van der Waals surface area contributed by atoms with E-state index in [1.807, 2.05) is 18.4 Å². The number of aromatic nitrogens is 2. The Balaban J connectivity index is 1.88. The lowest BCUT2D eigenvalue weighted by molar-refractivity contribution is 0.0999. The molecule has 3 N–H and O–H groups in total. The fourth-order valence-electron chi connectivity index (χ4n) is 2.63. The van der Waals surface area contributed by atoms with E-state index >= 15 is 0 Å². The predicted molar refractivity (Wildman–Crippen MR) is 91.9 cm³/mol. The third kappa shape index (κ3) is 3.56. The zero-order chi connectivity index (χ0) is 16.4. The molecule has 124 valence electrons. The molecule has 1 aliphatic carbocycles. The van der Waals surface area contributed by atoms with Gasteiger partial charge in [-0.25, -0.2) is 4.98 Å². The average molecular weight is 334 g/mol. The number of nitrogens with two attached hydrogens (primary N) is 1. The summed E-state index contributed by atoms with van der Waals surface area (Å²) in [5.74, 6) is 0.325. The molecule has 0 unspecified atom stereocenters. The van der Waals surface area contributed by atoms with Crippen molar-refractivity contribution in [1.29, 1.82) is 0 Å². The van der Waals surface area contributed by atoms with Gasteiger partial charge in [-0.05, 0) is 31.7 Å². The van der Waals surface area contributed by atoms with Crippen LogP contribution in [0.3, 0.4) is 0 Å². The van der Waals surface area contributed by atoms with E-state index < -0.39 is 0 Å². The molecule has 2 aromatic rings. The van der Waals surface area contributed by atoms with Gasteiger partial charge in [-0.2, -0.15) is 0 Å². The zero-order valence-electron chi connectivity index (χ0n) is 13.5. The Morgan fingerprint density at radius 1 is 1.57 bits per heavy atom. The Bertz CT molecular complexity index is 703. The maximum Gasteiger partial charge on any atom is 0.250 e. The second kappa shape index (κ2) is 6.72. The number of carbonyl (C=O) groups is 1. The molecule has 0 aromatic carbocycles. The van der Waals surface area contributed by atoms with Crippen molar-refractivity contribution in [2.24, 2.45) is 11.7 Å². The summed E-state index contributed by atoms with van der Waals surface area (Å²) in [5, 5.41) is 6.10. The van der Waals surface area contributed by atoms with Crippen molar-refractivity contribution >= 4 is 22.4 Å². The summed E-state index contributed by atoms with van der Waals surface area (Å²) < 4.78 is 7.22. The quantitative estimate of drug-likeness (QED) is 0.727. The van der Waals surface area contributed by atoms with Crippen LogP contribution in [0.4, 0.5) is 5.13 Å². The highest BCUT2D eigenvalue weighted by molar-refractivity contribution is 7.14. The van der Waals surface area contributed by atoms with Crippen LogP contribution in [0, 0.1) is 12.8 Å². The molecule has 0 bridgehead atoms. The summed E-state index contributed by atoms with van der Waals surface area (Å²) >= 11 is 1.55. The van der Waals surface area contributed by atoms with Crippen LogP contribution in [-0.4, -0.2) is 35.7 Å². The van der Waals surface area contributed by atoms with Crippen molar-refractivity contribution in [3.05, 3.63) is 22.7 Å². The predicted octanol–water partition coefficient (Wildman–Crippen LogP) is 2.49. The SMILES string of the molecule is COCCNc1nc(-c2cc(C(N)=O)c(C)n2CC2CC2)cs1. The summed E-state index contributed by atoms with van der Waals surface area (Å²) in [6.45, 7) is 4.24. The van der Waals surface area contributed by atoms with Gasteiger partial charge in [0, 0.05) is 31.3 Å². The maximum absolute atomic E-state index is 11.7. The molecular formula is C16H22N4O2S. The molecular weight excluding hydrogens is 312 g/mol. The highest BCUT2D eigenvalue weighted by Crippen LogP contribution is 2.35. The van der Waals surface area contributed by atoms with Gasteiger partial charge in [0.1, 0.15) is 0 Å². The number of rotatable bonds is 8. The second-order valence-corrected chi connectivity index (χ2v) is 6.76. The number of hydrogen-bond donors (Lipinski definition) is 2. The van der Waals surface area contributed by atoms with Crippen LogP contribution >= 0.6 is 11.3 Å². The molecule has 0 radical (unpaired) electrons. The number of thiazole rings is 1. The van der Waals surface area contributed by atoms with E-state index in [9.17, 15) is 4.79 Å². The van der Waals surface area contributed by atoms with E-state index in [-0.39, 0.29) is 5.91 Å². The molecule has 2 aromatic heterocycles. The van der Waals surface area contributed by atoms with Gasteiger partial charge in [-0.1, -0.05) is 0 Å². The minimum Gasteiger partial charge on any atom is -0.383 e. The Kier molecular flexibility index (Phi) is 4.68. The third-order valence-electron chi connectivity index (χ3n) is 4.12. The van der Waals surface area contributed by atoms with Gasteiger partial charge < -0.3 is 20.4 Å². The van der Waals surface area contributed by atoms with Gasteiger partial charge in [0.15, 0.2) is 5.13 Å². The first kappa shape index (κ1) is 16.0. The number of hydrogen-bond acceptors (Lipinski definition) is 5. The largest absolute Gasteiger partial charge is 0.383 e. The van der Waals surface area contributed by atoms with Gasteiger partial charge in [0.25, 0.3) is 5.91 Å². The molecule has 0 atom stereocenters. The first-order chi connectivity index (χ1) is 11.1. The van der Waals surface area contributed by atoms with Gasteiger partial charge in [-0.15, -0.1) is 11.3 Å². The van der Waals surface area contributed by atoms with Crippen LogP contribution in [0.2, 0.25) is 0 Å². The molecule has 0 spiro atoms. The Morgan fingerprint density at radius 2 is 2.35 bits per heavy atom. The maximum atomic E-state index is 11.7. The zero-order valence-corrected chi connectivity index (χ0v) is 14.3. The Hall–Kier alpha value is -1.86. The smallest absolute Gasteiger partial charge is 0.250 e. The van der Waals surface area contributed by atoms with Gasteiger partial charge in [0.2, 0.25) is 0 Å². The van der Waals surface area contributed by atoms with E-state index in [1.54, 1.807) is 18.4 Å². The molecule has 6 nitrogen and oxygen atoms in total. The minimum absolute atomic E-state index is 0.382. The van der Waals surface area contributed by atoms with Crippen LogP contribution < -0.4 is 11.1 Å². The summed E-state index contributed by atoms with van der Waals surface area (Å²) in [5.41, 5.74) is 8.88. The number of anilines is 1. The molecule has 2 heterocycles. The molecule has 23 heavy (non-hydrogen) atoms. The number of nitrogens with zero attached hydrogens (tertiary/aromatic N) is 2. The molecule has 7 heteroatoms. The van der Waals surface area contributed by atoms with Crippen LogP contribution in [0.5, 0.6) is 0 Å². The number of methoxy groups -OCH3 is 1. The molecule has 1 fully saturated rings.